The van der Waals surface area contributed by atoms with E-state index in [9.17, 15) is 19.2 Å². The van der Waals surface area contributed by atoms with Crippen molar-refractivity contribution in [1.29, 1.82) is 0 Å². The zero-order valence-electron chi connectivity index (χ0n) is 23.6. The highest BCUT2D eigenvalue weighted by Crippen LogP contribution is 2.27. The number of ether oxygens (including phenoxy) is 2. The highest BCUT2D eigenvalue weighted by molar-refractivity contribution is 5.93. The van der Waals surface area contributed by atoms with E-state index in [2.05, 4.69) is 16.1 Å². The first-order valence-corrected chi connectivity index (χ1v) is 13.8. The number of rotatable bonds is 1. The quantitative estimate of drug-likeness (QED) is 0.368. The Morgan fingerprint density at radius 3 is 2.27 bits per heavy atom. The predicted molar refractivity (Wildman–Crippen MR) is 149 cm³/mol. The average Bonchev–Trinajstić information content (AvgIpc) is 2.95. The number of amides is 3. The van der Waals surface area contributed by atoms with E-state index in [0.29, 0.717) is 25.1 Å². The second kappa shape index (κ2) is 12.5. The lowest BCUT2D eigenvalue weighted by atomic mass is 10.0. The van der Waals surface area contributed by atoms with E-state index in [1.54, 1.807) is 26.0 Å². The first kappa shape index (κ1) is 29.1. The molecule has 0 saturated carbocycles. The molecule has 5 rings (SSSR count). The Labute approximate surface area is 234 Å². The Bertz CT molecular complexity index is 1250. The third-order valence-corrected chi connectivity index (χ3v) is 7.23. The van der Waals surface area contributed by atoms with E-state index < -0.39 is 48.1 Å². The molecule has 1 fully saturated rings. The SMILES string of the molecule is CC(C)C1NC(=O)[C@H](C)Oc2ccc(cc2)-c2cccc(c2)[C@@H](C)OC(=O)[C@@H]2CCCN(N2)C(=O)[C@H](C)NC1=O. The largest absolute Gasteiger partial charge is 0.481 e. The van der Waals surface area contributed by atoms with Crippen LogP contribution in [0.3, 0.4) is 0 Å². The van der Waals surface area contributed by atoms with Crippen molar-refractivity contribution in [2.24, 2.45) is 5.92 Å². The minimum Gasteiger partial charge on any atom is -0.481 e. The van der Waals surface area contributed by atoms with Gasteiger partial charge in [0.1, 0.15) is 30.0 Å². The summed E-state index contributed by atoms with van der Waals surface area (Å²) in [6.07, 6.45) is -0.248. The highest BCUT2D eigenvalue weighted by atomic mass is 16.5. The molecule has 5 atom stereocenters. The van der Waals surface area contributed by atoms with Crippen molar-refractivity contribution in [3.63, 3.8) is 0 Å². The summed E-state index contributed by atoms with van der Waals surface area (Å²) in [5.41, 5.74) is 5.68. The Balaban J connectivity index is 1.63. The van der Waals surface area contributed by atoms with Gasteiger partial charge in [0.25, 0.3) is 11.8 Å². The van der Waals surface area contributed by atoms with E-state index in [0.717, 1.165) is 16.7 Å². The van der Waals surface area contributed by atoms with E-state index in [1.807, 2.05) is 57.2 Å². The van der Waals surface area contributed by atoms with E-state index in [4.69, 9.17) is 9.47 Å². The van der Waals surface area contributed by atoms with Crippen molar-refractivity contribution >= 4 is 23.7 Å². The maximum Gasteiger partial charge on any atom is 0.325 e. The number of nitrogens with one attached hydrogen (secondary N) is 3. The number of hydrogen-bond acceptors (Lipinski definition) is 7. The summed E-state index contributed by atoms with van der Waals surface area (Å²) in [4.78, 5) is 52.3. The lowest BCUT2D eigenvalue weighted by Gasteiger charge is -2.35. The van der Waals surface area contributed by atoms with Crippen molar-refractivity contribution in [1.82, 2.24) is 21.1 Å². The van der Waals surface area contributed by atoms with Crippen molar-refractivity contribution in [2.75, 3.05) is 6.54 Å². The monoisotopic (exact) mass is 550 g/mol. The van der Waals surface area contributed by atoms with Gasteiger partial charge in [0.2, 0.25) is 5.91 Å². The summed E-state index contributed by atoms with van der Waals surface area (Å²) >= 11 is 0. The maximum absolute atomic E-state index is 13.2. The molecule has 0 aromatic heterocycles. The summed E-state index contributed by atoms with van der Waals surface area (Å²) in [6, 6.07) is 12.6. The molecule has 3 amide bonds. The number of hydrogen-bond donors (Lipinski definition) is 3. The van der Waals surface area contributed by atoms with E-state index in [1.165, 1.54) is 5.01 Å². The van der Waals surface area contributed by atoms with Gasteiger partial charge in [0.15, 0.2) is 6.10 Å². The van der Waals surface area contributed by atoms with Crippen LogP contribution in [0.5, 0.6) is 5.75 Å². The van der Waals surface area contributed by atoms with Crippen LogP contribution in [0.1, 0.15) is 59.1 Å². The van der Waals surface area contributed by atoms with Gasteiger partial charge in [-0.1, -0.05) is 44.2 Å². The lowest BCUT2D eigenvalue weighted by Crippen LogP contribution is -2.61. The van der Waals surface area contributed by atoms with Crippen LogP contribution in [0, 0.1) is 5.92 Å². The van der Waals surface area contributed by atoms with Crippen molar-refractivity contribution in [3.8, 4) is 16.9 Å². The fourth-order valence-electron chi connectivity index (χ4n) is 4.80. The predicted octanol–water partition coefficient (Wildman–Crippen LogP) is 2.88. The zero-order chi connectivity index (χ0) is 29.0. The van der Waals surface area contributed by atoms with Crippen molar-refractivity contribution in [2.45, 2.75) is 77.8 Å². The Morgan fingerprint density at radius 2 is 1.57 bits per heavy atom. The fraction of sp³-hybridized carbons (Fsp3) is 0.467. The molecule has 10 nitrogen and oxygen atoms in total. The normalized spacial score (nSPS) is 26.6. The molecular weight excluding hydrogens is 512 g/mol. The van der Waals surface area contributed by atoms with Crippen LogP contribution < -0.4 is 20.8 Å². The molecule has 0 radical (unpaired) electrons. The molecule has 2 aromatic rings. The third-order valence-electron chi connectivity index (χ3n) is 7.23. The number of carbonyl (C=O) groups is 4. The van der Waals surface area contributed by atoms with Crippen LogP contribution in [0.2, 0.25) is 0 Å². The smallest absolute Gasteiger partial charge is 0.325 e. The molecule has 1 unspecified atom stereocenters. The second-order valence-corrected chi connectivity index (χ2v) is 10.8. The fourth-order valence-corrected chi connectivity index (χ4v) is 4.80. The number of hydrazine groups is 1. The second-order valence-electron chi connectivity index (χ2n) is 10.8. The third kappa shape index (κ3) is 6.80. The zero-order valence-corrected chi connectivity index (χ0v) is 23.6. The first-order chi connectivity index (χ1) is 19.0. The summed E-state index contributed by atoms with van der Waals surface area (Å²) in [7, 11) is 0. The van der Waals surface area contributed by atoms with Gasteiger partial charge in [-0.25, -0.2) is 5.43 Å². The number of benzene rings is 2. The number of carbonyl (C=O) groups excluding carboxylic acids is 4. The summed E-state index contributed by atoms with van der Waals surface area (Å²) < 4.78 is 11.6. The van der Waals surface area contributed by atoms with Crippen LogP contribution in [0.4, 0.5) is 0 Å². The minimum atomic E-state index is -0.889. The summed E-state index contributed by atoms with van der Waals surface area (Å²) in [5, 5.41) is 6.83. The molecule has 10 heteroatoms. The van der Waals surface area contributed by atoms with Crippen LogP contribution in [0.15, 0.2) is 48.5 Å². The van der Waals surface area contributed by atoms with E-state index in [-0.39, 0.29) is 11.8 Å². The molecule has 214 valence electrons. The maximum atomic E-state index is 13.2. The number of nitrogens with zero attached hydrogens (tertiary/aromatic N) is 1. The molecule has 3 aliphatic rings. The standard InChI is InChI=1S/C30H38N4O6/c1-17(2)26-28(36)31-18(3)29(37)34-15-7-10-25(33-34)30(38)40-19(4)22-8-6-9-23(16-22)21-11-13-24(14-12-21)39-20(5)27(35)32-26/h6,8-9,11-14,16-20,25-26,33H,7,10,15H2,1-5H3,(H,31,36)(H,32,35)/t18-,19+,20-,25-,26?/m0/s1. The highest BCUT2D eigenvalue weighted by Gasteiger charge is 2.34. The minimum absolute atomic E-state index is 0.242. The molecule has 6 bridgehead atoms. The van der Waals surface area contributed by atoms with Crippen LogP contribution in [0.25, 0.3) is 11.1 Å². The van der Waals surface area contributed by atoms with E-state index >= 15 is 0 Å². The van der Waals surface area contributed by atoms with Gasteiger partial charge in [-0.15, -0.1) is 0 Å². The van der Waals surface area contributed by atoms with Gasteiger partial charge in [0, 0.05) is 6.54 Å². The molecule has 40 heavy (non-hydrogen) atoms. The first-order valence-electron chi connectivity index (χ1n) is 13.8. The molecule has 3 N–H and O–H groups in total. The molecule has 3 aliphatic heterocycles. The van der Waals surface area contributed by atoms with Crippen molar-refractivity contribution in [3.05, 3.63) is 54.1 Å². The number of fused-ring (bicyclic) bond motifs is 12. The van der Waals surface area contributed by atoms with Gasteiger partial charge in [0.05, 0.1) is 0 Å². The van der Waals surface area contributed by atoms with Gasteiger partial charge < -0.3 is 20.1 Å². The lowest BCUT2D eigenvalue weighted by molar-refractivity contribution is -0.157. The molecule has 1 saturated heterocycles. The van der Waals surface area contributed by atoms with Crippen molar-refractivity contribution < 1.29 is 28.7 Å². The van der Waals surface area contributed by atoms with Gasteiger partial charge in [-0.3, -0.25) is 24.2 Å². The summed E-state index contributed by atoms with van der Waals surface area (Å²) in [6.45, 7) is 9.01. The molecular formula is C30H38N4O6. The molecule has 0 spiro atoms. The molecule has 3 heterocycles. The Kier molecular flexibility index (Phi) is 9.09. The van der Waals surface area contributed by atoms with Gasteiger partial charge in [-0.2, -0.15) is 0 Å². The topological polar surface area (TPSA) is 126 Å². The summed E-state index contributed by atoms with van der Waals surface area (Å²) in [5.74, 6) is -1.50. The van der Waals surface area contributed by atoms with Crippen LogP contribution in [-0.4, -0.2) is 59.5 Å². The van der Waals surface area contributed by atoms with Gasteiger partial charge in [-0.05, 0) is 74.4 Å². The molecule has 0 aliphatic carbocycles. The van der Waals surface area contributed by atoms with Crippen LogP contribution >= 0.6 is 0 Å². The van der Waals surface area contributed by atoms with Gasteiger partial charge >= 0.3 is 5.97 Å². The van der Waals surface area contributed by atoms with Crippen LogP contribution in [-0.2, 0) is 23.9 Å². The Morgan fingerprint density at radius 1 is 0.850 bits per heavy atom. The number of esters is 1. The molecule has 2 aromatic carbocycles. The Hall–Kier alpha value is -3.92. The average molecular weight is 551 g/mol.